The van der Waals surface area contributed by atoms with E-state index in [4.69, 9.17) is 18.9 Å². The molecule has 2 unspecified atom stereocenters. The van der Waals surface area contributed by atoms with Crippen LogP contribution in [0, 0.1) is 0 Å². The van der Waals surface area contributed by atoms with Crippen molar-refractivity contribution < 1.29 is 42.9 Å². The van der Waals surface area contributed by atoms with E-state index in [0.29, 0.717) is 17.4 Å². The van der Waals surface area contributed by atoms with Crippen molar-refractivity contribution in [2.75, 3.05) is 47.5 Å². The molecule has 80 heavy (non-hydrogen) atoms. The molecule has 9 heteroatoms. The molecule has 0 aliphatic rings. The summed E-state index contributed by atoms with van der Waals surface area (Å²) < 4.78 is 22.8. The third-order valence-electron chi connectivity index (χ3n) is 12.5. The van der Waals surface area contributed by atoms with Crippen molar-refractivity contribution in [2.45, 2.75) is 225 Å². The Hall–Kier alpha value is -5.09. The van der Waals surface area contributed by atoms with Crippen LogP contribution in [0.3, 0.4) is 0 Å². The molecule has 0 amide bonds. The second kappa shape index (κ2) is 60.0. The summed E-state index contributed by atoms with van der Waals surface area (Å²) in [7, 11) is 5.94. The zero-order valence-electron chi connectivity index (χ0n) is 51.2. The van der Waals surface area contributed by atoms with Crippen molar-refractivity contribution in [1.82, 2.24) is 0 Å². The van der Waals surface area contributed by atoms with Crippen LogP contribution >= 0.6 is 0 Å². The molecule has 1 N–H and O–H groups in total. The number of hydrogen-bond acceptors (Lipinski definition) is 7. The average molecular weight is 1110 g/mol. The van der Waals surface area contributed by atoms with Crippen molar-refractivity contribution in [1.29, 1.82) is 0 Å². The molecular formula is C71H114NO8+. The Balaban J connectivity index is 4.32. The smallest absolute Gasteiger partial charge is 0.361 e. The monoisotopic (exact) mass is 1110 g/mol. The van der Waals surface area contributed by atoms with Gasteiger partial charge in [0.25, 0.3) is 6.29 Å². The SMILES string of the molecule is CC/C=C\C/C=C\C/C=C\C/C=C\C/C=C\C/C=C\C/C=C\C/C=C\C/C=C\C/C=C\C/C=C\CCCCCC(=O)OC(COC(=O)CCCCCCCCC/C=C\C/C=C\CCCCCC)COC(OCC[N+](C)(C)C)C(=O)O. The van der Waals surface area contributed by atoms with Gasteiger partial charge in [-0.05, 0) is 128 Å². The second-order valence-electron chi connectivity index (χ2n) is 21.3. The van der Waals surface area contributed by atoms with Crippen LogP contribution in [0.5, 0.6) is 0 Å². The van der Waals surface area contributed by atoms with E-state index in [1.165, 1.54) is 51.4 Å². The Labute approximate surface area is 489 Å². The highest BCUT2D eigenvalue weighted by atomic mass is 16.7. The summed E-state index contributed by atoms with van der Waals surface area (Å²) in [4.78, 5) is 37.4. The molecule has 0 radical (unpaired) electrons. The molecular weight excluding hydrogens is 995 g/mol. The normalized spacial score (nSPS) is 13.9. The van der Waals surface area contributed by atoms with E-state index in [-0.39, 0.29) is 38.6 Å². The molecule has 0 saturated heterocycles. The Morgan fingerprint density at radius 2 is 0.713 bits per heavy atom. The van der Waals surface area contributed by atoms with Gasteiger partial charge in [-0.3, -0.25) is 9.59 Å². The number of carbonyl (C=O) groups is 3. The highest BCUT2D eigenvalue weighted by Crippen LogP contribution is 2.13. The van der Waals surface area contributed by atoms with E-state index in [1.54, 1.807) is 0 Å². The van der Waals surface area contributed by atoms with Gasteiger partial charge in [-0.1, -0.05) is 230 Å². The summed E-state index contributed by atoms with van der Waals surface area (Å²) in [5.74, 6) is -2.08. The fourth-order valence-electron chi connectivity index (χ4n) is 7.75. The van der Waals surface area contributed by atoms with Gasteiger partial charge in [0.15, 0.2) is 6.10 Å². The number of ether oxygens (including phenoxy) is 4. The van der Waals surface area contributed by atoms with Crippen LogP contribution in [0.4, 0.5) is 0 Å². The van der Waals surface area contributed by atoms with Gasteiger partial charge in [0.1, 0.15) is 13.2 Å². The van der Waals surface area contributed by atoms with E-state index in [1.807, 2.05) is 21.1 Å². The topological polar surface area (TPSA) is 108 Å². The molecule has 2 atom stereocenters. The maximum atomic E-state index is 12.9. The van der Waals surface area contributed by atoms with Crippen LogP contribution in [0.15, 0.2) is 158 Å². The van der Waals surface area contributed by atoms with Gasteiger partial charge in [-0.25, -0.2) is 4.79 Å². The highest BCUT2D eigenvalue weighted by molar-refractivity contribution is 5.71. The van der Waals surface area contributed by atoms with Crippen LogP contribution in [-0.4, -0.2) is 87.4 Å². The number of likely N-dealkylation sites (N-methyl/N-ethyl adjacent to an activating group) is 1. The maximum Gasteiger partial charge on any atom is 0.361 e. The number of rotatable bonds is 55. The van der Waals surface area contributed by atoms with Gasteiger partial charge in [-0.2, -0.15) is 0 Å². The highest BCUT2D eigenvalue weighted by Gasteiger charge is 2.25. The predicted molar refractivity (Wildman–Crippen MR) is 340 cm³/mol. The molecule has 0 aromatic carbocycles. The molecule has 0 aromatic rings. The summed E-state index contributed by atoms with van der Waals surface area (Å²) in [5, 5.41) is 9.71. The number of carbonyl (C=O) groups excluding carboxylic acids is 2. The fraction of sp³-hybridized carbons (Fsp3) is 0.592. The number of hydrogen-bond donors (Lipinski definition) is 1. The van der Waals surface area contributed by atoms with Crippen LogP contribution in [0.2, 0.25) is 0 Å². The van der Waals surface area contributed by atoms with E-state index in [0.717, 1.165) is 128 Å². The van der Waals surface area contributed by atoms with Gasteiger partial charge >= 0.3 is 17.9 Å². The van der Waals surface area contributed by atoms with Crippen LogP contribution in [0.1, 0.15) is 213 Å². The quantitative estimate of drug-likeness (QED) is 0.0211. The summed E-state index contributed by atoms with van der Waals surface area (Å²) in [5.41, 5.74) is 0. The minimum Gasteiger partial charge on any atom is -0.477 e. The number of esters is 2. The molecule has 0 aromatic heterocycles. The molecule has 450 valence electrons. The van der Waals surface area contributed by atoms with Crippen molar-refractivity contribution in [3.05, 3.63) is 158 Å². The lowest BCUT2D eigenvalue weighted by molar-refractivity contribution is -0.870. The number of carboxylic acid groups (broad SMARTS) is 1. The van der Waals surface area contributed by atoms with E-state index in [9.17, 15) is 19.5 Å². The first-order valence-electron chi connectivity index (χ1n) is 31.1. The Kier molecular flexibility index (Phi) is 56.2. The lowest BCUT2D eigenvalue weighted by Gasteiger charge is -2.25. The zero-order valence-corrected chi connectivity index (χ0v) is 51.2. The molecule has 9 nitrogen and oxygen atoms in total. The van der Waals surface area contributed by atoms with Crippen molar-refractivity contribution in [2.24, 2.45) is 0 Å². The maximum absolute atomic E-state index is 12.9. The second-order valence-corrected chi connectivity index (χ2v) is 21.3. The third kappa shape index (κ3) is 60.5. The molecule has 0 spiro atoms. The van der Waals surface area contributed by atoms with Crippen LogP contribution in [0.25, 0.3) is 0 Å². The molecule has 0 saturated carbocycles. The van der Waals surface area contributed by atoms with Gasteiger partial charge in [0.05, 0.1) is 34.4 Å². The first kappa shape index (κ1) is 74.9. The number of nitrogens with zero attached hydrogens (tertiary/aromatic N) is 1. The summed E-state index contributed by atoms with van der Waals surface area (Å²) in [6.07, 6.45) is 86.2. The first-order chi connectivity index (χ1) is 39.1. The van der Waals surface area contributed by atoms with Crippen LogP contribution in [-0.2, 0) is 33.3 Å². The average Bonchev–Trinajstić information content (AvgIpc) is 3.43. The number of carboxylic acids is 1. The number of unbranched alkanes of at least 4 members (excludes halogenated alkanes) is 14. The standard InChI is InChI=1S/C71H113NO8/c1-6-8-10-12-14-16-18-20-22-24-26-27-28-29-30-31-32-33-34-35-36-37-38-39-40-41-42-43-44-46-48-50-52-54-56-58-60-62-69(74)80-67(66-79-71(70(75)76)77-64-63-72(3,4)5)65-78-68(73)61-59-57-55-53-51-49-47-45-25-23-21-19-17-15-13-11-9-7-2/h8,10,14,16-17,19-20,22-23,25-27,29-30,32-33,35-36,38-39,41-42,44,46,50,52,67,71H,6-7,9,11-13,15,18,21,24,28,31,34,37,40,43,45,47-49,51,53-66H2,1-5H3/p+1/b10-8-,16-14-,19-17-,22-20-,25-23-,27-26-,30-29-,33-32-,36-35-,39-38-,42-41-,46-44-,52-50-. The minimum atomic E-state index is -1.53. The van der Waals surface area contributed by atoms with E-state index < -0.39 is 24.3 Å². The lowest BCUT2D eigenvalue weighted by Crippen LogP contribution is -2.40. The predicted octanol–water partition coefficient (Wildman–Crippen LogP) is 19.0. The van der Waals surface area contributed by atoms with Gasteiger partial charge in [0.2, 0.25) is 0 Å². The molecule has 0 rings (SSSR count). The molecule has 0 aliphatic carbocycles. The number of allylic oxidation sites excluding steroid dienone is 26. The van der Waals surface area contributed by atoms with E-state index >= 15 is 0 Å². The van der Waals surface area contributed by atoms with Crippen molar-refractivity contribution in [3.63, 3.8) is 0 Å². The van der Waals surface area contributed by atoms with Gasteiger partial charge in [-0.15, -0.1) is 0 Å². The lowest BCUT2D eigenvalue weighted by atomic mass is 10.1. The third-order valence-corrected chi connectivity index (χ3v) is 12.5. The summed E-state index contributed by atoms with van der Waals surface area (Å²) >= 11 is 0. The Morgan fingerprint density at radius 3 is 1.07 bits per heavy atom. The van der Waals surface area contributed by atoms with Crippen molar-refractivity contribution >= 4 is 17.9 Å². The fourth-order valence-corrected chi connectivity index (χ4v) is 7.75. The van der Waals surface area contributed by atoms with Gasteiger partial charge in [0, 0.05) is 12.8 Å². The summed E-state index contributed by atoms with van der Waals surface area (Å²) in [6, 6.07) is 0. The largest absolute Gasteiger partial charge is 0.477 e. The molecule has 0 aliphatic heterocycles. The molecule has 0 bridgehead atoms. The molecule has 0 fully saturated rings. The first-order valence-corrected chi connectivity index (χ1v) is 31.1. The van der Waals surface area contributed by atoms with Crippen molar-refractivity contribution in [3.8, 4) is 0 Å². The van der Waals surface area contributed by atoms with E-state index in [2.05, 4.69) is 172 Å². The Bertz CT molecular complexity index is 1870. The number of aliphatic carboxylic acids is 1. The van der Waals surface area contributed by atoms with Crippen LogP contribution < -0.4 is 0 Å². The Morgan fingerprint density at radius 1 is 0.388 bits per heavy atom. The number of quaternary nitrogens is 1. The minimum absolute atomic E-state index is 0.171. The molecule has 0 heterocycles. The zero-order chi connectivity index (χ0) is 58.3. The van der Waals surface area contributed by atoms with Gasteiger partial charge < -0.3 is 28.5 Å². The summed E-state index contributed by atoms with van der Waals surface area (Å²) in [6.45, 7) is 4.67.